The van der Waals surface area contributed by atoms with Crippen LogP contribution in [0.25, 0.3) is 0 Å². The van der Waals surface area contributed by atoms with Crippen molar-refractivity contribution in [2.24, 2.45) is 0 Å². The minimum absolute atomic E-state index is 0.0291. The second kappa shape index (κ2) is 6.39. The monoisotopic (exact) mass is 314 g/mol. The highest BCUT2D eigenvalue weighted by molar-refractivity contribution is 6.17. The van der Waals surface area contributed by atoms with Gasteiger partial charge >= 0.3 is 6.18 Å². The lowest BCUT2D eigenvalue weighted by atomic mass is 10.1. The second-order valence-corrected chi connectivity index (χ2v) is 5.00. The fourth-order valence-corrected chi connectivity index (χ4v) is 2.02. The van der Waals surface area contributed by atoms with Crippen LogP contribution >= 0.6 is 11.6 Å². The molecule has 0 fully saturated rings. The molecule has 0 unspecified atom stereocenters. The Morgan fingerprint density at radius 2 is 1.62 bits per heavy atom. The number of hydrogen-bond acceptors (Lipinski definition) is 1. The van der Waals surface area contributed by atoms with Crippen LogP contribution in [0.5, 0.6) is 5.75 Å². The molecule has 0 aliphatic carbocycles. The number of rotatable bonds is 4. The Bertz CT molecular complexity index is 606. The van der Waals surface area contributed by atoms with E-state index in [2.05, 4.69) is 0 Å². The van der Waals surface area contributed by atoms with Crippen molar-refractivity contribution < 1.29 is 17.9 Å². The van der Waals surface area contributed by atoms with Crippen molar-refractivity contribution in [3.63, 3.8) is 0 Å². The molecule has 21 heavy (non-hydrogen) atoms. The van der Waals surface area contributed by atoms with E-state index in [0.29, 0.717) is 5.56 Å². The zero-order valence-corrected chi connectivity index (χ0v) is 12.1. The lowest BCUT2D eigenvalue weighted by Crippen LogP contribution is -2.09. The standard InChI is InChI=1S/C16H14ClF3O/c1-11-2-4-12(5-3-11)10-21-15-7-6-13(9-17)8-14(15)16(18,19)20/h2-8H,9-10H2,1H3. The Morgan fingerprint density at radius 1 is 1.00 bits per heavy atom. The van der Waals surface area contributed by atoms with Gasteiger partial charge in [0.25, 0.3) is 0 Å². The van der Waals surface area contributed by atoms with Gasteiger partial charge < -0.3 is 4.74 Å². The van der Waals surface area contributed by atoms with Gasteiger partial charge in [0.2, 0.25) is 0 Å². The Balaban J connectivity index is 2.21. The van der Waals surface area contributed by atoms with Gasteiger partial charge in [-0.25, -0.2) is 0 Å². The summed E-state index contributed by atoms with van der Waals surface area (Å²) < 4.78 is 44.4. The van der Waals surface area contributed by atoms with E-state index in [9.17, 15) is 13.2 Å². The van der Waals surface area contributed by atoms with Crippen molar-refractivity contribution in [2.45, 2.75) is 25.6 Å². The summed E-state index contributed by atoms with van der Waals surface area (Å²) in [5.41, 5.74) is 1.51. The van der Waals surface area contributed by atoms with E-state index < -0.39 is 11.7 Å². The van der Waals surface area contributed by atoms with Crippen molar-refractivity contribution >= 4 is 11.6 Å². The zero-order valence-electron chi connectivity index (χ0n) is 11.4. The van der Waals surface area contributed by atoms with Crippen LogP contribution in [-0.4, -0.2) is 0 Å². The quantitative estimate of drug-likeness (QED) is 0.693. The summed E-state index contributed by atoms with van der Waals surface area (Å²) in [6, 6.07) is 11.3. The number of alkyl halides is 4. The van der Waals surface area contributed by atoms with Gasteiger partial charge in [-0.1, -0.05) is 35.9 Å². The van der Waals surface area contributed by atoms with Crippen molar-refractivity contribution in [1.29, 1.82) is 0 Å². The van der Waals surface area contributed by atoms with Gasteiger partial charge in [0.05, 0.1) is 5.56 Å². The van der Waals surface area contributed by atoms with Crippen molar-refractivity contribution in [3.8, 4) is 5.75 Å². The van der Waals surface area contributed by atoms with Gasteiger partial charge in [-0.3, -0.25) is 0 Å². The highest BCUT2D eigenvalue weighted by Crippen LogP contribution is 2.37. The predicted molar refractivity (Wildman–Crippen MR) is 76.5 cm³/mol. The fourth-order valence-electron chi connectivity index (χ4n) is 1.85. The Kier molecular flexibility index (Phi) is 4.78. The van der Waals surface area contributed by atoms with Gasteiger partial charge in [-0.05, 0) is 30.2 Å². The molecule has 0 radical (unpaired) electrons. The first-order valence-electron chi connectivity index (χ1n) is 6.34. The molecule has 0 spiro atoms. The molecule has 0 amide bonds. The summed E-state index contributed by atoms with van der Waals surface area (Å²) in [6.45, 7) is 2.03. The average Bonchev–Trinajstić information content (AvgIpc) is 2.45. The molecule has 0 saturated carbocycles. The summed E-state index contributed by atoms with van der Waals surface area (Å²) in [7, 11) is 0. The topological polar surface area (TPSA) is 9.23 Å². The van der Waals surface area contributed by atoms with Crippen LogP contribution in [0, 0.1) is 6.92 Å². The van der Waals surface area contributed by atoms with Crippen molar-refractivity contribution in [3.05, 3.63) is 64.7 Å². The van der Waals surface area contributed by atoms with E-state index in [-0.39, 0.29) is 18.2 Å². The normalized spacial score (nSPS) is 11.5. The molecule has 112 valence electrons. The Labute approximate surface area is 126 Å². The van der Waals surface area contributed by atoms with E-state index in [4.69, 9.17) is 16.3 Å². The first-order chi connectivity index (χ1) is 9.90. The van der Waals surface area contributed by atoms with Crippen molar-refractivity contribution in [1.82, 2.24) is 0 Å². The predicted octanol–water partition coefficient (Wildman–Crippen LogP) is 5.33. The maximum Gasteiger partial charge on any atom is 0.419 e. The molecule has 0 N–H and O–H groups in total. The SMILES string of the molecule is Cc1ccc(COc2ccc(CCl)cc2C(F)(F)F)cc1. The smallest absolute Gasteiger partial charge is 0.419 e. The summed E-state index contributed by atoms with van der Waals surface area (Å²) in [4.78, 5) is 0. The van der Waals surface area contributed by atoms with E-state index in [0.717, 1.165) is 17.2 Å². The summed E-state index contributed by atoms with van der Waals surface area (Å²) >= 11 is 5.58. The Morgan fingerprint density at radius 3 is 2.19 bits per heavy atom. The molecule has 0 atom stereocenters. The van der Waals surface area contributed by atoms with Gasteiger partial charge in [0.1, 0.15) is 12.4 Å². The van der Waals surface area contributed by atoms with E-state index in [1.807, 2.05) is 31.2 Å². The minimum atomic E-state index is -4.47. The van der Waals surface area contributed by atoms with Gasteiger partial charge in [0, 0.05) is 5.88 Å². The van der Waals surface area contributed by atoms with Crippen LogP contribution in [0.2, 0.25) is 0 Å². The molecule has 0 saturated heterocycles. The molecule has 0 aliphatic rings. The average molecular weight is 315 g/mol. The third-order valence-corrected chi connectivity index (χ3v) is 3.33. The van der Waals surface area contributed by atoms with E-state index in [1.165, 1.54) is 12.1 Å². The maximum atomic E-state index is 13.0. The first-order valence-corrected chi connectivity index (χ1v) is 6.88. The third-order valence-electron chi connectivity index (χ3n) is 3.02. The van der Waals surface area contributed by atoms with Crippen LogP contribution in [0.1, 0.15) is 22.3 Å². The molecular weight excluding hydrogens is 301 g/mol. The lowest BCUT2D eigenvalue weighted by Gasteiger charge is -2.15. The molecular formula is C16H14ClF3O. The largest absolute Gasteiger partial charge is 0.488 e. The summed E-state index contributed by atoms with van der Waals surface area (Å²) in [6.07, 6.45) is -4.47. The number of halogens is 4. The molecule has 0 bridgehead atoms. The van der Waals surface area contributed by atoms with E-state index >= 15 is 0 Å². The maximum absolute atomic E-state index is 13.0. The van der Waals surface area contributed by atoms with Crippen molar-refractivity contribution in [2.75, 3.05) is 0 Å². The number of ether oxygens (including phenoxy) is 1. The molecule has 2 aromatic carbocycles. The lowest BCUT2D eigenvalue weighted by molar-refractivity contribution is -0.139. The minimum Gasteiger partial charge on any atom is -0.488 e. The van der Waals surface area contributed by atoms with Gasteiger partial charge in [-0.15, -0.1) is 11.6 Å². The molecule has 1 nitrogen and oxygen atoms in total. The second-order valence-electron chi connectivity index (χ2n) is 4.74. The highest BCUT2D eigenvalue weighted by atomic mass is 35.5. The zero-order chi connectivity index (χ0) is 15.5. The number of benzene rings is 2. The first kappa shape index (κ1) is 15.7. The molecule has 5 heteroatoms. The molecule has 2 aromatic rings. The van der Waals surface area contributed by atoms with Crippen LogP contribution < -0.4 is 4.74 Å². The Hall–Kier alpha value is -1.68. The van der Waals surface area contributed by atoms with Crippen LogP contribution in [0.15, 0.2) is 42.5 Å². The van der Waals surface area contributed by atoms with Crippen LogP contribution in [0.3, 0.4) is 0 Å². The van der Waals surface area contributed by atoms with Crippen LogP contribution in [0.4, 0.5) is 13.2 Å². The number of aryl methyl sites for hydroxylation is 1. The number of hydrogen-bond donors (Lipinski definition) is 0. The summed E-state index contributed by atoms with van der Waals surface area (Å²) in [5.74, 6) is -0.154. The highest BCUT2D eigenvalue weighted by Gasteiger charge is 2.34. The van der Waals surface area contributed by atoms with Gasteiger partial charge in [-0.2, -0.15) is 13.2 Å². The van der Waals surface area contributed by atoms with Crippen LogP contribution in [-0.2, 0) is 18.7 Å². The third kappa shape index (κ3) is 4.14. The van der Waals surface area contributed by atoms with E-state index in [1.54, 1.807) is 0 Å². The fraction of sp³-hybridized carbons (Fsp3) is 0.250. The van der Waals surface area contributed by atoms with Gasteiger partial charge in [0.15, 0.2) is 0 Å². The molecule has 0 aliphatic heterocycles. The molecule has 2 rings (SSSR count). The summed E-state index contributed by atoms with van der Waals surface area (Å²) in [5, 5.41) is 0. The molecule has 0 heterocycles. The molecule has 0 aromatic heterocycles.